The molecule has 3 aromatic rings. The topological polar surface area (TPSA) is 57.6 Å². The predicted octanol–water partition coefficient (Wildman–Crippen LogP) is 5.06. The molecular formula is C22H17NO3S2. The number of fused-ring (bicyclic) bond motifs is 2. The number of rotatable bonds is 5. The van der Waals surface area contributed by atoms with Crippen LogP contribution in [0.2, 0.25) is 0 Å². The number of thioether (sulfide) groups is 1. The Labute approximate surface area is 171 Å². The van der Waals surface area contributed by atoms with E-state index in [1.165, 1.54) is 16.7 Å². The molecule has 0 atom stereocenters. The first-order valence-corrected chi connectivity index (χ1v) is 10.1. The summed E-state index contributed by atoms with van der Waals surface area (Å²) in [5.74, 6) is -1.03. The molecular weight excluding hydrogens is 390 g/mol. The van der Waals surface area contributed by atoms with Gasteiger partial charge in [0, 0.05) is 13.0 Å². The van der Waals surface area contributed by atoms with Gasteiger partial charge in [0.05, 0.1) is 4.91 Å². The van der Waals surface area contributed by atoms with Crippen molar-refractivity contribution in [2.24, 2.45) is 0 Å². The lowest BCUT2D eigenvalue weighted by Gasteiger charge is -2.13. The quantitative estimate of drug-likeness (QED) is 0.364. The molecule has 0 spiro atoms. The first-order valence-electron chi connectivity index (χ1n) is 8.92. The maximum atomic E-state index is 12.9. The van der Waals surface area contributed by atoms with E-state index in [2.05, 4.69) is 30.3 Å². The van der Waals surface area contributed by atoms with E-state index in [1.807, 2.05) is 30.3 Å². The summed E-state index contributed by atoms with van der Waals surface area (Å²) < 4.78 is 0.478. The Morgan fingerprint density at radius 2 is 1.68 bits per heavy atom. The molecule has 0 saturated carbocycles. The number of carbonyl (C=O) groups excluding carboxylic acids is 1. The molecule has 1 heterocycles. The average Bonchev–Trinajstić information content (AvgIpc) is 2.95. The molecule has 1 aliphatic heterocycles. The smallest absolute Gasteiger partial charge is 0.303 e. The van der Waals surface area contributed by atoms with Gasteiger partial charge in [0.15, 0.2) is 0 Å². The highest BCUT2D eigenvalue weighted by Crippen LogP contribution is 2.36. The van der Waals surface area contributed by atoms with E-state index in [-0.39, 0.29) is 12.3 Å². The van der Waals surface area contributed by atoms with Gasteiger partial charge in [0.1, 0.15) is 4.32 Å². The molecule has 6 heteroatoms. The van der Waals surface area contributed by atoms with Crippen LogP contribution < -0.4 is 0 Å². The molecule has 28 heavy (non-hydrogen) atoms. The number of thiocarbonyl (C=S) groups is 1. The number of carboxylic acid groups (broad SMARTS) is 1. The fraction of sp³-hybridized carbons (Fsp3) is 0.136. The monoisotopic (exact) mass is 407 g/mol. The summed E-state index contributed by atoms with van der Waals surface area (Å²) in [6, 6.07) is 18.4. The van der Waals surface area contributed by atoms with Crippen LogP contribution in [0.4, 0.5) is 0 Å². The minimum atomic E-state index is -0.872. The fourth-order valence-electron chi connectivity index (χ4n) is 3.42. The zero-order valence-corrected chi connectivity index (χ0v) is 16.6. The summed E-state index contributed by atoms with van der Waals surface area (Å²) in [7, 11) is 0. The van der Waals surface area contributed by atoms with Gasteiger partial charge >= 0.3 is 5.97 Å². The Hall–Kier alpha value is -2.70. The number of nitrogens with zero attached hydrogens (tertiary/aromatic N) is 1. The Morgan fingerprint density at radius 1 is 1.07 bits per heavy atom. The van der Waals surface area contributed by atoms with Crippen LogP contribution in [0, 0.1) is 0 Å². The highest BCUT2D eigenvalue weighted by Gasteiger charge is 2.31. The number of carboxylic acids is 1. The molecule has 1 aliphatic rings. The van der Waals surface area contributed by atoms with Crippen molar-refractivity contribution in [1.29, 1.82) is 0 Å². The van der Waals surface area contributed by atoms with Gasteiger partial charge in [-0.2, -0.15) is 0 Å². The molecule has 0 bridgehead atoms. The van der Waals surface area contributed by atoms with Gasteiger partial charge < -0.3 is 5.11 Å². The van der Waals surface area contributed by atoms with Crippen LogP contribution in [0.1, 0.15) is 18.4 Å². The molecule has 3 aromatic carbocycles. The summed E-state index contributed by atoms with van der Waals surface area (Å²) in [6.45, 7) is 0.324. The number of benzene rings is 3. The molecule has 140 valence electrons. The van der Waals surface area contributed by atoms with E-state index in [0.29, 0.717) is 22.2 Å². The zero-order valence-electron chi connectivity index (χ0n) is 14.9. The van der Waals surface area contributed by atoms with Crippen LogP contribution in [-0.2, 0) is 9.59 Å². The van der Waals surface area contributed by atoms with Crippen molar-refractivity contribution in [3.05, 3.63) is 65.1 Å². The van der Waals surface area contributed by atoms with Crippen molar-refractivity contribution in [3.8, 4) is 0 Å². The molecule has 1 N–H and O–H groups in total. The van der Waals surface area contributed by atoms with Crippen LogP contribution in [0.3, 0.4) is 0 Å². The lowest BCUT2D eigenvalue weighted by Crippen LogP contribution is -2.29. The van der Waals surface area contributed by atoms with Crippen molar-refractivity contribution in [2.75, 3.05) is 6.54 Å². The van der Waals surface area contributed by atoms with E-state index in [4.69, 9.17) is 17.3 Å². The summed E-state index contributed by atoms with van der Waals surface area (Å²) >= 11 is 6.64. The minimum absolute atomic E-state index is 0.0179. The van der Waals surface area contributed by atoms with Gasteiger partial charge in [-0.25, -0.2) is 0 Å². The second-order valence-corrected chi connectivity index (χ2v) is 8.24. The fourth-order valence-corrected chi connectivity index (χ4v) is 4.71. The van der Waals surface area contributed by atoms with E-state index >= 15 is 0 Å². The second-order valence-electron chi connectivity index (χ2n) is 6.56. The number of hydrogen-bond donors (Lipinski definition) is 1. The number of carbonyl (C=O) groups is 2. The molecule has 4 nitrogen and oxygen atoms in total. The SMILES string of the molecule is O=C(O)CCCN1C(=O)C(=Cc2c3ccccc3cc3ccccc23)SC1=S. The molecule has 0 aromatic heterocycles. The third-order valence-electron chi connectivity index (χ3n) is 4.73. The van der Waals surface area contributed by atoms with Gasteiger partial charge in [-0.1, -0.05) is 72.5 Å². The molecule has 1 saturated heterocycles. The third kappa shape index (κ3) is 3.53. The van der Waals surface area contributed by atoms with Crippen LogP contribution in [0.25, 0.3) is 27.6 Å². The second kappa shape index (κ2) is 7.73. The van der Waals surface area contributed by atoms with Crippen molar-refractivity contribution in [3.63, 3.8) is 0 Å². The van der Waals surface area contributed by atoms with Gasteiger partial charge in [-0.05, 0) is 45.7 Å². The zero-order chi connectivity index (χ0) is 19.7. The minimum Gasteiger partial charge on any atom is -0.481 e. The first-order chi connectivity index (χ1) is 13.5. The van der Waals surface area contributed by atoms with Crippen molar-refractivity contribution >= 4 is 67.8 Å². The summed E-state index contributed by atoms with van der Waals surface area (Å²) in [5, 5.41) is 13.2. The Kier molecular flexibility index (Phi) is 5.15. The summed E-state index contributed by atoms with van der Waals surface area (Å²) in [6.07, 6.45) is 2.32. The maximum Gasteiger partial charge on any atom is 0.303 e. The van der Waals surface area contributed by atoms with Crippen LogP contribution in [0.5, 0.6) is 0 Å². The molecule has 0 radical (unpaired) electrons. The van der Waals surface area contributed by atoms with E-state index in [9.17, 15) is 9.59 Å². The standard InChI is InChI=1S/C22H17NO3S2/c24-20(25)10-5-11-23-21(26)19(28-22(23)27)13-18-16-8-3-1-6-14(16)12-15-7-2-4-9-17(15)18/h1-4,6-9,12-13H,5,10-11H2,(H,24,25). The molecule has 0 aliphatic carbocycles. The van der Waals surface area contributed by atoms with Gasteiger partial charge in [-0.3, -0.25) is 14.5 Å². The lowest BCUT2D eigenvalue weighted by atomic mass is 9.96. The van der Waals surface area contributed by atoms with E-state index in [0.717, 1.165) is 27.1 Å². The van der Waals surface area contributed by atoms with Gasteiger partial charge in [0.25, 0.3) is 5.91 Å². The molecule has 4 rings (SSSR count). The van der Waals surface area contributed by atoms with Gasteiger partial charge in [-0.15, -0.1) is 0 Å². The maximum absolute atomic E-state index is 12.9. The van der Waals surface area contributed by atoms with E-state index < -0.39 is 5.97 Å². The Balaban J connectivity index is 1.76. The van der Waals surface area contributed by atoms with E-state index in [1.54, 1.807) is 0 Å². The van der Waals surface area contributed by atoms with Crippen LogP contribution in [0.15, 0.2) is 59.5 Å². The third-order valence-corrected chi connectivity index (χ3v) is 6.11. The van der Waals surface area contributed by atoms with Gasteiger partial charge in [0.2, 0.25) is 0 Å². The normalized spacial score (nSPS) is 15.9. The number of amides is 1. The average molecular weight is 408 g/mol. The molecule has 0 unspecified atom stereocenters. The highest BCUT2D eigenvalue weighted by molar-refractivity contribution is 8.26. The number of aliphatic carboxylic acids is 1. The Bertz CT molecular complexity index is 1100. The van der Waals surface area contributed by atoms with Crippen molar-refractivity contribution in [1.82, 2.24) is 4.90 Å². The van der Waals surface area contributed by atoms with Crippen molar-refractivity contribution in [2.45, 2.75) is 12.8 Å². The number of hydrogen-bond acceptors (Lipinski definition) is 4. The first kappa shape index (κ1) is 18.7. The predicted molar refractivity (Wildman–Crippen MR) is 118 cm³/mol. The lowest BCUT2D eigenvalue weighted by molar-refractivity contribution is -0.137. The van der Waals surface area contributed by atoms with Crippen LogP contribution >= 0.6 is 24.0 Å². The summed E-state index contributed by atoms with van der Waals surface area (Å²) in [4.78, 5) is 25.7. The van der Waals surface area contributed by atoms with Crippen molar-refractivity contribution < 1.29 is 14.7 Å². The largest absolute Gasteiger partial charge is 0.481 e. The summed E-state index contributed by atoms with van der Waals surface area (Å²) in [5.41, 5.74) is 1.000. The Morgan fingerprint density at radius 3 is 2.29 bits per heavy atom. The molecule has 1 fully saturated rings. The van der Waals surface area contributed by atoms with Crippen LogP contribution in [-0.4, -0.2) is 32.7 Å². The highest BCUT2D eigenvalue weighted by atomic mass is 32.2. The molecule has 1 amide bonds.